The van der Waals surface area contributed by atoms with Crippen LogP contribution in [-0.4, -0.2) is 64.7 Å². The van der Waals surface area contributed by atoms with E-state index in [0.29, 0.717) is 38.2 Å². The average Bonchev–Trinajstić information content (AvgIpc) is 2.80. The monoisotopic (exact) mass is 452 g/mol. The number of nitro groups is 1. The molecule has 1 fully saturated rings. The van der Waals surface area contributed by atoms with Crippen LogP contribution in [0.1, 0.15) is 34.0 Å². The predicted octanol–water partition coefficient (Wildman–Crippen LogP) is 2.24. The largest absolute Gasteiger partial charge is 0.344 e. The summed E-state index contributed by atoms with van der Waals surface area (Å²) in [7, 11) is 0. The number of hydrogen-bond donors (Lipinski definition) is 1. The van der Waals surface area contributed by atoms with E-state index in [4.69, 9.17) is 0 Å². The number of nitrogens with zero attached hydrogens (tertiary/aromatic N) is 3. The molecule has 9 nitrogen and oxygen atoms in total. The Morgan fingerprint density at radius 3 is 2.18 bits per heavy atom. The number of non-ortho nitro benzene ring substituents is 1. The Morgan fingerprint density at radius 2 is 1.61 bits per heavy atom. The van der Waals surface area contributed by atoms with Crippen LogP contribution in [0.15, 0.2) is 42.5 Å². The summed E-state index contributed by atoms with van der Waals surface area (Å²) in [6.07, 6.45) is 0.397. The first-order valence-corrected chi connectivity index (χ1v) is 10.8. The fourth-order valence-electron chi connectivity index (χ4n) is 3.94. The molecule has 0 unspecified atom stereocenters. The molecule has 0 bridgehead atoms. The maximum atomic E-state index is 13.2. The van der Waals surface area contributed by atoms with Crippen LogP contribution in [0.25, 0.3) is 0 Å². The van der Waals surface area contributed by atoms with E-state index >= 15 is 0 Å². The number of aryl methyl sites for hydroxylation is 2. The zero-order chi connectivity index (χ0) is 24.1. The molecule has 1 heterocycles. The van der Waals surface area contributed by atoms with Crippen molar-refractivity contribution < 1.29 is 19.3 Å². The Labute approximate surface area is 192 Å². The highest BCUT2D eigenvalue weighted by molar-refractivity contribution is 5.94. The van der Waals surface area contributed by atoms with E-state index in [9.17, 15) is 24.5 Å². The lowest BCUT2D eigenvalue weighted by atomic mass is 9.98. The van der Waals surface area contributed by atoms with Gasteiger partial charge < -0.3 is 15.1 Å². The van der Waals surface area contributed by atoms with Crippen LogP contribution in [0, 0.1) is 24.0 Å². The minimum absolute atomic E-state index is 0.0742. The molecule has 2 aromatic rings. The second-order valence-electron chi connectivity index (χ2n) is 8.31. The number of rotatable bonds is 6. The van der Waals surface area contributed by atoms with Gasteiger partial charge in [0.2, 0.25) is 11.8 Å². The van der Waals surface area contributed by atoms with Gasteiger partial charge in [0.25, 0.3) is 11.6 Å². The molecule has 0 saturated carbocycles. The molecule has 174 valence electrons. The van der Waals surface area contributed by atoms with E-state index in [1.165, 1.54) is 31.2 Å². The predicted molar refractivity (Wildman–Crippen MR) is 123 cm³/mol. The first-order chi connectivity index (χ1) is 15.7. The van der Waals surface area contributed by atoms with Gasteiger partial charge in [0, 0.05) is 57.2 Å². The summed E-state index contributed by atoms with van der Waals surface area (Å²) >= 11 is 0. The molecule has 0 radical (unpaired) electrons. The molecule has 2 aromatic carbocycles. The summed E-state index contributed by atoms with van der Waals surface area (Å²) in [6.45, 7) is 6.74. The molecule has 33 heavy (non-hydrogen) atoms. The highest BCUT2D eigenvalue weighted by atomic mass is 16.6. The molecule has 0 aromatic heterocycles. The number of nitrogens with one attached hydrogen (secondary N) is 1. The van der Waals surface area contributed by atoms with Crippen LogP contribution in [0.3, 0.4) is 0 Å². The van der Waals surface area contributed by atoms with Crippen molar-refractivity contribution in [1.29, 1.82) is 0 Å². The second kappa shape index (κ2) is 10.2. The number of amides is 3. The number of carbonyl (C=O) groups excluding carboxylic acids is 3. The lowest BCUT2D eigenvalue weighted by Gasteiger charge is -2.36. The topological polar surface area (TPSA) is 113 Å². The second-order valence-corrected chi connectivity index (χ2v) is 8.31. The first kappa shape index (κ1) is 23.9. The highest BCUT2D eigenvalue weighted by Gasteiger charge is 2.30. The molecule has 1 saturated heterocycles. The van der Waals surface area contributed by atoms with Gasteiger partial charge in [-0.25, -0.2) is 0 Å². The van der Waals surface area contributed by atoms with E-state index in [-0.39, 0.29) is 23.4 Å². The third-order valence-electron chi connectivity index (χ3n) is 5.81. The Balaban J connectivity index is 1.65. The lowest BCUT2D eigenvalue weighted by Crippen LogP contribution is -2.56. The van der Waals surface area contributed by atoms with Gasteiger partial charge in [-0.3, -0.25) is 24.5 Å². The average molecular weight is 453 g/mol. The maximum Gasteiger partial charge on any atom is 0.269 e. The standard InChI is InChI=1S/C24H28N4O5/c1-16-4-5-17(2)20(14-16)15-22(25-18(3)29)24(31)27-12-10-26(11-13-27)23(30)19-6-8-21(9-7-19)28(32)33/h4-9,14,22H,10-13,15H2,1-3H3,(H,25,29)/t22-/m0/s1. The Morgan fingerprint density at radius 1 is 1.00 bits per heavy atom. The quantitative estimate of drug-likeness (QED) is 0.534. The Bertz CT molecular complexity index is 1060. The van der Waals surface area contributed by atoms with E-state index in [1.54, 1.807) is 9.80 Å². The molecule has 1 atom stereocenters. The summed E-state index contributed by atoms with van der Waals surface area (Å²) in [5.41, 5.74) is 3.44. The van der Waals surface area contributed by atoms with Gasteiger partial charge >= 0.3 is 0 Å². The van der Waals surface area contributed by atoms with Gasteiger partial charge in [-0.15, -0.1) is 0 Å². The zero-order valence-electron chi connectivity index (χ0n) is 19.0. The van der Waals surface area contributed by atoms with Gasteiger partial charge in [-0.2, -0.15) is 0 Å². The number of hydrogen-bond acceptors (Lipinski definition) is 5. The smallest absolute Gasteiger partial charge is 0.269 e. The Hall–Kier alpha value is -3.75. The van der Waals surface area contributed by atoms with Crippen molar-refractivity contribution in [3.05, 3.63) is 74.8 Å². The van der Waals surface area contributed by atoms with Crippen molar-refractivity contribution in [3.8, 4) is 0 Å². The fourth-order valence-corrected chi connectivity index (χ4v) is 3.94. The third kappa shape index (κ3) is 5.94. The lowest BCUT2D eigenvalue weighted by molar-refractivity contribution is -0.384. The van der Waals surface area contributed by atoms with Crippen LogP contribution in [0.2, 0.25) is 0 Å². The molecule has 3 amide bonds. The minimum atomic E-state index is -0.681. The zero-order valence-corrected chi connectivity index (χ0v) is 19.0. The number of nitro benzene ring substituents is 1. The highest BCUT2D eigenvalue weighted by Crippen LogP contribution is 2.17. The van der Waals surface area contributed by atoms with Gasteiger partial charge in [0.05, 0.1) is 4.92 Å². The van der Waals surface area contributed by atoms with E-state index < -0.39 is 11.0 Å². The van der Waals surface area contributed by atoms with Gasteiger partial charge in [0.15, 0.2) is 0 Å². The van der Waals surface area contributed by atoms with Crippen molar-refractivity contribution in [2.24, 2.45) is 0 Å². The maximum absolute atomic E-state index is 13.2. The molecule has 1 aliphatic heterocycles. The first-order valence-electron chi connectivity index (χ1n) is 10.8. The summed E-state index contributed by atoms with van der Waals surface area (Å²) in [4.78, 5) is 51.3. The molecular formula is C24H28N4O5. The Kier molecular flexibility index (Phi) is 7.42. The normalized spacial score (nSPS) is 14.5. The molecule has 1 N–H and O–H groups in total. The molecule has 3 rings (SSSR count). The van der Waals surface area contributed by atoms with Gasteiger partial charge in [-0.05, 0) is 37.1 Å². The van der Waals surface area contributed by atoms with Crippen molar-refractivity contribution >= 4 is 23.4 Å². The van der Waals surface area contributed by atoms with Crippen LogP contribution in [0.4, 0.5) is 5.69 Å². The summed E-state index contributed by atoms with van der Waals surface area (Å²) < 4.78 is 0. The molecule has 0 aliphatic carbocycles. The van der Waals surface area contributed by atoms with Gasteiger partial charge in [0.1, 0.15) is 6.04 Å². The molecule has 0 spiro atoms. The SMILES string of the molecule is CC(=O)N[C@@H](Cc1cc(C)ccc1C)C(=O)N1CCN(C(=O)c2ccc([N+](=O)[O-])cc2)CC1. The van der Waals surface area contributed by atoms with E-state index in [1.807, 2.05) is 32.0 Å². The van der Waals surface area contributed by atoms with Crippen molar-refractivity contribution in [3.63, 3.8) is 0 Å². The number of benzene rings is 2. The minimum Gasteiger partial charge on any atom is -0.344 e. The van der Waals surface area contributed by atoms with E-state index in [0.717, 1.165) is 16.7 Å². The van der Waals surface area contributed by atoms with Crippen molar-refractivity contribution in [2.75, 3.05) is 26.2 Å². The summed E-state index contributed by atoms with van der Waals surface area (Å²) in [5.74, 6) is -0.676. The summed E-state index contributed by atoms with van der Waals surface area (Å²) in [5, 5.41) is 13.6. The molecule has 1 aliphatic rings. The van der Waals surface area contributed by atoms with Gasteiger partial charge in [-0.1, -0.05) is 23.8 Å². The van der Waals surface area contributed by atoms with Crippen molar-refractivity contribution in [2.45, 2.75) is 33.2 Å². The van der Waals surface area contributed by atoms with Crippen molar-refractivity contribution in [1.82, 2.24) is 15.1 Å². The molecular weight excluding hydrogens is 424 g/mol. The van der Waals surface area contributed by atoms with Crippen LogP contribution in [-0.2, 0) is 16.0 Å². The van der Waals surface area contributed by atoms with E-state index in [2.05, 4.69) is 5.32 Å². The number of carbonyl (C=O) groups is 3. The summed E-state index contributed by atoms with van der Waals surface area (Å²) in [6, 6.07) is 10.8. The molecule has 9 heteroatoms. The third-order valence-corrected chi connectivity index (χ3v) is 5.81. The van der Waals surface area contributed by atoms with Crippen LogP contribution >= 0.6 is 0 Å². The van der Waals surface area contributed by atoms with Crippen LogP contribution < -0.4 is 5.32 Å². The fraction of sp³-hybridized carbons (Fsp3) is 0.375. The van der Waals surface area contributed by atoms with Crippen LogP contribution in [0.5, 0.6) is 0 Å². The number of piperazine rings is 1.